The Morgan fingerprint density at radius 2 is 1.58 bits per heavy atom. The predicted octanol–water partition coefficient (Wildman–Crippen LogP) is 2.79. The SMILES string of the molecule is O=C(CCN1CCN(c2ccccc2F)CC1)NCc1ccccc1F. The maximum Gasteiger partial charge on any atom is 0.221 e. The van der Waals surface area contributed by atoms with Crippen molar-refractivity contribution in [3.05, 3.63) is 65.7 Å². The molecule has 1 heterocycles. The van der Waals surface area contributed by atoms with Crippen LogP contribution in [0.4, 0.5) is 14.5 Å². The molecule has 0 spiro atoms. The van der Waals surface area contributed by atoms with Gasteiger partial charge in [-0.25, -0.2) is 8.78 Å². The molecule has 6 heteroatoms. The number of halogens is 2. The van der Waals surface area contributed by atoms with Crippen LogP contribution >= 0.6 is 0 Å². The van der Waals surface area contributed by atoms with E-state index in [1.807, 2.05) is 11.0 Å². The zero-order chi connectivity index (χ0) is 18.4. The first kappa shape index (κ1) is 18.3. The van der Waals surface area contributed by atoms with Crippen LogP contribution in [0, 0.1) is 11.6 Å². The number of carbonyl (C=O) groups is 1. The van der Waals surface area contributed by atoms with E-state index in [0.29, 0.717) is 24.2 Å². The zero-order valence-electron chi connectivity index (χ0n) is 14.6. The number of piperazine rings is 1. The Bertz CT molecular complexity index is 745. The molecule has 0 unspecified atom stereocenters. The van der Waals surface area contributed by atoms with Crippen molar-refractivity contribution in [2.24, 2.45) is 0 Å². The molecule has 0 radical (unpaired) electrons. The normalized spacial score (nSPS) is 15.1. The van der Waals surface area contributed by atoms with Gasteiger partial charge in [-0.2, -0.15) is 0 Å². The summed E-state index contributed by atoms with van der Waals surface area (Å²) < 4.78 is 27.4. The average molecular weight is 359 g/mol. The Kier molecular flexibility index (Phi) is 6.17. The van der Waals surface area contributed by atoms with Gasteiger partial charge in [0.05, 0.1) is 5.69 Å². The topological polar surface area (TPSA) is 35.6 Å². The molecule has 1 N–H and O–H groups in total. The van der Waals surface area contributed by atoms with E-state index in [1.54, 1.807) is 30.3 Å². The fraction of sp³-hybridized carbons (Fsp3) is 0.350. The lowest BCUT2D eigenvalue weighted by Gasteiger charge is -2.36. The average Bonchev–Trinajstić information content (AvgIpc) is 2.67. The Balaban J connectivity index is 1.39. The number of hydrogen-bond acceptors (Lipinski definition) is 3. The molecule has 1 aliphatic heterocycles. The number of anilines is 1. The fourth-order valence-corrected chi connectivity index (χ4v) is 3.10. The van der Waals surface area contributed by atoms with Gasteiger partial charge in [-0.1, -0.05) is 30.3 Å². The Hall–Kier alpha value is -2.47. The van der Waals surface area contributed by atoms with Crippen LogP contribution in [0.5, 0.6) is 0 Å². The lowest BCUT2D eigenvalue weighted by atomic mass is 10.2. The van der Waals surface area contributed by atoms with E-state index in [-0.39, 0.29) is 24.1 Å². The van der Waals surface area contributed by atoms with Gasteiger partial charge in [0, 0.05) is 51.3 Å². The van der Waals surface area contributed by atoms with E-state index in [4.69, 9.17) is 0 Å². The van der Waals surface area contributed by atoms with Gasteiger partial charge in [-0.05, 0) is 18.2 Å². The minimum absolute atomic E-state index is 0.0928. The summed E-state index contributed by atoms with van der Waals surface area (Å²) in [6.07, 6.45) is 0.369. The highest BCUT2D eigenvalue weighted by Crippen LogP contribution is 2.20. The molecule has 1 aliphatic rings. The van der Waals surface area contributed by atoms with Crippen molar-refractivity contribution in [1.29, 1.82) is 0 Å². The molecule has 0 atom stereocenters. The number of nitrogens with zero attached hydrogens (tertiary/aromatic N) is 2. The van der Waals surface area contributed by atoms with Gasteiger partial charge in [0.15, 0.2) is 0 Å². The fourth-order valence-electron chi connectivity index (χ4n) is 3.10. The minimum atomic E-state index is -0.308. The smallest absolute Gasteiger partial charge is 0.221 e. The number of hydrogen-bond donors (Lipinski definition) is 1. The molecule has 2 aromatic carbocycles. The van der Waals surface area contributed by atoms with Gasteiger partial charge in [0.1, 0.15) is 11.6 Å². The molecule has 138 valence electrons. The Morgan fingerprint density at radius 1 is 0.923 bits per heavy atom. The number of amides is 1. The highest BCUT2D eigenvalue weighted by molar-refractivity contribution is 5.76. The first-order valence-electron chi connectivity index (χ1n) is 8.85. The van der Waals surface area contributed by atoms with Crippen LogP contribution in [0.2, 0.25) is 0 Å². The predicted molar refractivity (Wildman–Crippen MR) is 97.9 cm³/mol. The highest BCUT2D eigenvalue weighted by atomic mass is 19.1. The summed E-state index contributed by atoms with van der Waals surface area (Å²) in [5.41, 5.74) is 1.12. The number of rotatable bonds is 6. The molecular weight excluding hydrogens is 336 g/mol. The van der Waals surface area contributed by atoms with E-state index in [0.717, 1.165) is 26.2 Å². The molecule has 1 amide bonds. The van der Waals surface area contributed by atoms with Crippen molar-refractivity contribution < 1.29 is 13.6 Å². The summed E-state index contributed by atoms with van der Waals surface area (Å²) in [6.45, 7) is 3.89. The van der Waals surface area contributed by atoms with Gasteiger partial charge >= 0.3 is 0 Å². The maximum atomic E-state index is 13.8. The molecular formula is C20H23F2N3O. The highest BCUT2D eigenvalue weighted by Gasteiger charge is 2.19. The summed E-state index contributed by atoms with van der Waals surface area (Å²) >= 11 is 0. The van der Waals surface area contributed by atoms with Crippen molar-refractivity contribution >= 4 is 11.6 Å². The monoisotopic (exact) mass is 359 g/mol. The number of carbonyl (C=O) groups excluding carboxylic acids is 1. The van der Waals surface area contributed by atoms with E-state index in [2.05, 4.69) is 10.2 Å². The van der Waals surface area contributed by atoms with Crippen LogP contribution in [0.25, 0.3) is 0 Å². The van der Waals surface area contributed by atoms with Crippen LogP contribution in [-0.4, -0.2) is 43.5 Å². The lowest BCUT2D eigenvalue weighted by Crippen LogP contribution is -2.47. The number of benzene rings is 2. The van der Waals surface area contributed by atoms with Crippen LogP contribution in [-0.2, 0) is 11.3 Å². The lowest BCUT2D eigenvalue weighted by molar-refractivity contribution is -0.121. The van der Waals surface area contributed by atoms with Gasteiger partial charge < -0.3 is 10.2 Å². The van der Waals surface area contributed by atoms with Crippen molar-refractivity contribution in [1.82, 2.24) is 10.2 Å². The largest absolute Gasteiger partial charge is 0.367 e. The van der Waals surface area contributed by atoms with Gasteiger partial charge in [-0.3, -0.25) is 9.69 Å². The molecule has 26 heavy (non-hydrogen) atoms. The molecule has 3 rings (SSSR count). The molecule has 0 aromatic heterocycles. The molecule has 1 saturated heterocycles. The zero-order valence-corrected chi connectivity index (χ0v) is 14.6. The van der Waals surface area contributed by atoms with Crippen LogP contribution in [0.1, 0.15) is 12.0 Å². The van der Waals surface area contributed by atoms with E-state index >= 15 is 0 Å². The second-order valence-electron chi connectivity index (χ2n) is 6.40. The second kappa shape index (κ2) is 8.76. The maximum absolute atomic E-state index is 13.8. The summed E-state index contributed by atoms with van der Waals surface area (Å²) in [5, 5.41) is 2.76. The second-order valence-corrected chi connectivity index (χ2v) is 6.40. The van der Waals surface area contributed by atoms with Crippen molar-refractivity contribution in [3.8, 4) is 0 Å². The molecule has 2 aromatic rings. The van der Waals surface area contributed by atoms with Crippen LogP contribution < -0.4 is 10.2 Å². The third-order valence-corrected chi connectivity index (χ3v) is 4.65. The first-order chi connectivity index (χ1) is 12.6. The van der Waals surface area contributed by atoms with Crippen molar-refractivity contribution in [3.63, 3.8) is 0 Å². The molecule has 1 fully saturated rings. The quantitative estimate of drug-likeness (QED) is 0.862. The Labute approximate surface area is 152 Å². The molecule has 0 aliphatic carbocycles. The van der Waals surface area contributed by atoms with E-state index < -0.39 is 0 Å². The molecule has 0 bridgehead atoms. The van der Waals surface area contributed by atoms with Crippen molar-refractivity contribution in [2.75, 3.05) is 37.6 Å². The standard InChI is InChI=1S/C20H23F2N3O/c21-17-6-2-1-5-16(17)15-23-20(26)9-10-24-11-13-25(14-12-24)19-8-4-3-7-18(19)22/h1-8H,9-15H2,(H,23,26). The summed E-state index contributed by atoms with van der Waals surface area (Å²) in [7, 11) is 0. The third kappa shape index (κ3) is 4.79. The summed E-state index contributed by atoms with van der Waals surface area (Å²) in [4.78, 5) is 16.2. The van der Waals surface area contributed by atoms with Gasteiger partial charge in [-0.15, -0.1) is 0 Å². The summed E-state index contributed by atoms with van der Waals surface area (Å²) in [6, 6.07) is 13.2. The molecule has 4 nitrogen and oxygen atoms in total. The van der Waals surface area contributed by atoms with Crippen LogP contribution in [0.3, 0.4) is 0 Å². The summed E-state index contributed by atoms with van der Waals surface area (Å²) in [5.74, 6) is -0.602. The van der Waals surface area contributed by atoms with Gasteiger partial charge in [0.25, 0.3) is 0 Å². The van der Waals surface area contributed by atoms with Crippen LogP contribution in [0.15, 0.2) is 48.5 Å². The first-order valence-corrected chi connectivity index (χ1v) is 8.85. The molecule has 0 saturated carbocycles. The third-order valence-electron chi connectivity index (χ3n) is 4.65. The Morgan fingerprint density at radius 3 is 2.27 bits per heavy atom. The van der Waals surface area contributed by atoms with E-state index in [9.17, 15) is 13.6 Å². The number of nitrogens with one attached hydrogen (secondary N) is 1. The minimum Gasteiger partial charge on any atom is -0.367 e. The van der Waals surface area contributed by atoms with E-state index in [1.165, 1.54) is 12.1 Å². The number of para-hydroxylation sites is 1. The van der Waals surface area contributed by atoms with Gasteiger partial charge in [0.2, 0.25) is 5.91 Å². The van der Waals surface area contributed by atoms with Crippen molar-refractivity contribution in [2.45, 2.75) is 13.0 Å².